The van der Waals surface area contributed by atoms with Crippen molar-refractivity contribution >= 4 is 24.5 Å². The molecule has 0 aliphatic carbocycles. The summed E-state index contributed by atoms with van der Waals surface area (Å²) in [6.07, 6.45) is 0. The SMILES string of the molecule is Cc1ccc(C#C[Te]c2ccccc2)cc1. The molecule has 0 aliphatic rings. The topological polar surface area (TPSA) is 0 Å². The zero-order chi connectivity index (χ0) is 11.2. The quantitative estimate of drug-likeness (QED) is 0.559. The van der Waals surface area contributed by atoms with Gasteiger partial charge in [0.1, 0.15) is 0 Å². The summed E-state index contributed by atoms with van der Waals surface area (Å²) in [5.74, 6) is 3.23. The van der Waals surface area contributed by atoms with E-state index in [2.05, 4.69) is 65.3 Å². The average molecular weight is 320 g/mol. The summed E-state index contributed by atoms with van der Waals surface area (Å²) in [6.45, 7) is 2.09. The number of benzene rings is 2. The van der Waals surface area contributed by atoms with E-state index < -0.39 is 0 Å². The maximum atomic E-state index is 3.32. The van der Waals surface area contributed by atoms with E-state index in [4.69, 9.17) is 0 Å². The molecule has 1 heteroatoms. The van der Waals surface area contributed by atoms with E-state index in [0.29, 0.717) is 0 Å². The Bertz CT molecular complexity index is 501. The summed E-state index contributed by atoms with van der Waals surface area (Å²) in [5, 5.41) is 0. The minimum atomic E-state index is -0.347. The predicted octanol–water partition coefficient (Wildman–Crippen LogP) is 2.33. The molecular weight excluding hydrogens is 308 g/mol. The number of hydrogen-bond acceptors (Lipinski definition) is 0. The van der Waals surface area contributed by atoms with Crippen LogP contribution in [0, 0.1) is 16.8 Å². The van der Waals surface area contributed by atoms with Gasteiger partial charge in [0.25, 0.3) is 0 Å². The van der Waals surface area contributed by atoms with E-state index in [-0.39, 0.29) is 20.9 Å². The molecular formula is C15H12Te. The van der Waals surface area contributed by atoms with Gasteiger partial charge in [0.05, 0.1) is 0 Å². The van der Waals surface area contributed by atoms with Crippen molar-refractivity contribution in [3.05, 3.63) is 65.7 Å². The first kappa shape index (κ1) is 11.3. The molecule has 0 saturated heterocycles. The summed E-state index contributed by atoms with van der Waals surface area (Å²) < 4.78 is 4.71. The maximum absolute atomic E-state index is 3.32. The third kappa shape index (κ3) is 3.42. The van der Waals surface area contributed by atoms with Crippen molar-refractivity contribution in [1.29, 1.82) is 0 Å². The molecule has 0 bridgehead atoms. The van der Waals surface area contributed by atoms with Crippen LogP contribution in [0.5, 0.6) is 0 Å². The summed E-state index contributed by atoms with van der Waals surface area (Å²) in [4.78, 5) is 0. The fraction of sp³-hybridized carbons (Fsp3) is 0.0667. The van der Waals surface area contributed by atoms with Gasteiger partial charge in [0, 0.05) is 0 Å². The van der Waals surface area contributed by atoms with Crippen LogP contribution in [0.4, 0.5) is 0 Å². The van der Waals surface area contributed by atoms with Gasteiger partial charge in [-0.3, -0.25) is 0 Å². The Hall–Kier alpha value is -1.21. The molecule has 0 heterocycles. The third-order valence-electron chi connectivity index (χ3n) is 2.16. The molecule has 16 heavy (non-hydrogen) atoms. The van der Waals surface area contributed by atoms with Gasteiger partial charge in [-0.15, -0.1) is 0 Å². The zero-order valence-electron chi connectivity index (χ0n) is 9.10. The number of aryl methyl sites for hydroxylation is 1. The molecule has 0 aliphatic heterocycles. The zero-order valence-corrected chi connectivity index (χ0v) is 11.4. The Morgan fingerprint density at radius 1 is 0.875 bits per heavy atom. The van der Waals surface area contributed by atoms with E-state index >= 15 is 0 Å². The summed E-state index contributed by atoms with van der Waals surface area (Å²) >= 11 is -0.347. The molecule has 0 saturated carbocycles. The normalized spacial score (nSPS) is 9.31. The minimum absolute atomic E-state index is 0.347. The van der Waals surface area contributed by atoms with E-state index in [1.54, 1.807) is 0 Å². The third-order valence-corrected chi connectivity index (χ3v) is 4.19. The van der Waals surface area contributed by atoms with Gasteiger partial charge in [-0.25, -0.2) is 0 Å². The van der Waals surface area contributed by atoms with Crippen molar-refractivity contribution in [2.75, 3.05) is 0 Å². The molecule has 2 aromatic carbocycles. The molecule has 0 amide bonds. The summed E-state index contributed by atoms with van der Waals surface area (Å²) in [5.41, 5.74) is 2.40. The van der Waals surface area contributed by atoms with Gasteiger partial charge in [-0.2, -0.15) is 0 Å². The summed E-state index contributed by atoms with van der Waals surface area (Å²) in [7, 11) is 0. The molecule has 0 radical (unpaired) electrons. The molecule has 0 N–H and O–H groups in total. The van der Waals surface area contributed by atoms with Crippen molar-refractivity contribution in [3.8, 4) is 9.89 Å². The molecule has 2 rings (SSSR count). The molecule has 0 unspecified atom stereocenters. The Morgan fingerprint density at radius 3 is 2.25 bits per heavy atom. The predicted molar refractivity (Wildman–Crippen MR) is 69.9 cm³/mol. The first-order valence-corrected chi connectivity index (χ1v) is 7.47. The van der Waals surface area contributed by atoms with E-state index in [1.165, 1.54) is 9.17 Å². The first-order valence-electron chi connectivity index (χ1n) is 5.14. The fourth-order valence-corrected chi connectivity index (χ4v) is 2.92. The number of rotatable bonds is 1. The van der Waals surface area contributed by atoms with Crippen LogP contribution in [0.25, 0.3) is 0 Å². The molecule has 0 fully saturated rings. The Kier molecular flexibility index (Phi) is 4.06. The second-order valence-electron chi connectivity index (χ2n) is 3.51. The number of hydrogen-bond donors (Lipinski definition) is 0. The fourth-order valence-electron chi connectivity index (χ4n) is 1.27. The Morgan fingerprint density at radius 2 is 1.56 bits per heavy atom. The standard InChI is InChI=1S/C15H12Te/c1-13-7-9-14(10-8-13)11-12-16-15-5-3-2-4-6-15/h2-10H,1H3. The van der Waals surface area contributed by atoms with Gasteiger partial charge >= 0.3 is 107 Å². The van der Waals surface area contributed by atoms with Crippen molar-refractivity contribution in [2.24, 2.45) is 0 Å². The van der Waals surface area contributed by atoms with Crippen LogP contribution in [0.3, 0.4) is 0 Å². The van der Waals surface area contributed by atoms with Crippen LogP contribution in [-0.4, -0.2) is 20.9 Å². The van der Waals surface area contributed by atoms with Crippen molar-refractivity contribution < 1.29 is 0 Å². The van der Waals surface area contributed by atoms with Gasteiger partial charge in [-0.05, 0) is 0 Å². The van der Waals surface area contributed by atoms with Gasteiger partial charge in [-0.1, -0.05) is 0 Å². The van der Waals surface area contributed by atoms with Crippen molar-refractivity contribution in [3.63, 3.8) is 0 Å². The van der Waals surface area contributed by atoms with Crippen LogP contribution in [-0.2, 0) is 0 Å². The molecule has 0 aromatic heterocycles. The molecule has 0 spiro atoms. The van der Waals surface area contributed by atoms with Crippen LogP contribution >= 0.6 is 0 Å². The van der Waals surface area contributed by atoms with Gasteiger partial charge < -0.3 is 0 Å². The van der Waals surface area contributed by atoms with E-state index in [0.717, 1.165) is 5.56 Å². The second kappa shape index (κ2) is 5.76. The monoisotopic (exact) mass is 322 g/mol. The van der Waals surface area contributed by atoms with E-state index in [9.17, 15) is 0 Å². The van der Waals surface area contributed by atoms with Crippen LogP contribution < -0.4 is 3.61 Å². The first-order chi connectivity index (χ1) is 7.84. The van der Waals surface area contributed by atoms with Gasteiger partial charge in [0.2, 0.25) is 0 Å². The van der Waals surface area contributed by atoms with Gasteiger partial charge in [0.15, 0.2) is 0 Å². The van der Waals surface area contributed by atoms with Crippen LogP contribution in [0.2, 0.25) is 0 Å². The Balaban J connectivity index is 2.03. The molecule has 78 valence electrons. The second-order valence-corrected chi connectivity index (χ2v) is 6.02. The molecule has 2 aromatic rings. The average Bonchev–Trinajstić information content (AvgIpc) is 2.33. The summed E-state index contributed by atoms with van der Waals surface area (Å²) in [6, 6.07) is 18.9. The molecule has 0 atom stereocenters. The van der Waals surface area contributed by atoms with Crippen molar-refractivity contribution in [2.45, 2.75) is 6.92 Å². The molecule has 0 nitrogen and oxygen atoms in total. The van der Waals surface area contributed by atoms with E-state index in [1.807, 2.05) is 6.07 Å². The Labute approximate surface area is 107 Å². The van der Waals surface area contributed by atoms with Crippen molar-refractivity contribution in [1.82, 2.24) is 0 Å². The van der Waals surface area contributed by atoms with Crippen LogP contribution in [0.15, 0.2) is 54.6 Å². The van der Waals surface area contributed by atoms with Crippen LogP contribution in [0.1, 0.15) is 11.1 Å².